The number of nitrogens with one attached hydrogen (secondary N) is 1. The van der Waals surface area contributed by atoms with E-state index in [9.17, 15) is 8.78 Å². The number of alkyl halides is 2. The zero-order chi connectivity index (χ0) is 24.2. The van der Waals surface area contributed by atoms with Crippen LogP contribution >= 0.6 is 0 Å². The predicted octanol–water partition coefficient (Wildman–Crippen LogP) is 3.29. The molecule has 1 saturated carbocycles. The molecule has 3 aromatic heterocycles. The van der Waals surface area contributed by atoms with Gasteiger partial charge in [-0.25, -0.2) is 33.4 Å². The highest BCUT2D eigenvalue weighted by atomic mass is 19.3. The number of nitrogen functional groups attached to an aromatic ring is 1. The number of rotatable bonds is 5. The quantitative estimate of drug-likeness (QED) is 0.446. The van der Waals surface area contributed by atoms with Gasteiger partial charge in [0.15, 0.2) is 0 Å². The van der Waals surface area contributed by atoms with Crippen LogP contribution in [-0.2, 0) is 7.05 Å². The van der Waals surface area contributed by atoms with Gasteiger partial charge in [-0.15, -0.1) is 5.10 Å². The molecule has 4 aromatic rings. The van der Waals surface area contributed by atoms with Crippen molar-refractivity contribution in [1.29, 1.82) is 0 Å². The molecule has 4 heterocycles. The summed E-state index contributed by atoms with van der Waals surface area (Å²) in [4.78, 5) is 23.6. The Kier molecular flexibility index (Phi) is 4.66. The molecule has 1 saturated heterocycles. The maximum atomic E-state index is 13.2. The highest BCUT2D eigenvalue weighted by Gasteiger charge is 2.61. The smallest absolute Gasteiger partial charge is 0.249 e. The van der Waals surface area contributed by atoms with Gasteiger partial charge >= 0.3 is 0 Å². The van der Waals surface area contributed by atoms with E-state index >= 15 is 0 Å². The van der Waals surface area contributed by atoms with E-state index < -0.39 is 5.92 Å². The lowest BCUT2D eigenvalue weighted by molar-refractivity contribution is -0.170. The van der Waals surface area contributed by atoms with Gasteiger partial charge in [0.05, 0.1) is 18.1 Å². The third-order valence-electron chi connectivity index (χ3n) is 6.39. The molecule has 2 aliphatic rings. The zero-order valence-corrected chi connectivity index (χ0v) is 18.9. The van der Waals surface area contributed by atoms with Crippen LogP contribution in [0.5, 0.6) is 0 Å². The van der Waals surface area contributed by atoms with Crippen LogP contribution in [0.1, 0.15) is 12.8 Å². The highest BCUT2D eigenvalue weighted by molar-refractivity contribution is 5.65. The predicted molar refractivity (Wildman–Crippen MR) is 126 cm³/mol. The van der Waals surface area contributed by atoms with Gasteiger partial charge in [-0.2, -0.15) is 4.98 Å². The van der Waals surface area contributed by atoms with Crippen LogP contribution < -0.4 is 16.0 Å². The molecule has 0 amide bonds. The number of benzene rings is 1. The van der Waals surface area contributed by atoms with Crippen molar-refractivity contribution in [2.24, 2.45) is 12.5 Å². The van der Waals surface area contributed by atoms with Crippen molar-refractivity contribution >= 4 is 23.4 Å². The summed E-state index contributed by atoms with van der Waals surface area (Å²) in [5.74, 6) is -0.633. The molecule has 10 nitrogen and oxygen atoms in total. The van der Waals surface area contributed by atoms with E-state index in [1.807, 2.05) is 29.2 Å². The third kappa shape index (κ3) is 4.00. The van der Waals surface area contributed by atoms with Crippen LogP contribution in [0.3, 0.4) is 0 Å². The molecule has 0 radical (unpaired) electrons. The van der Waals surface area contributed by atoms with Gasteiger partial charge in [-0.05, 0) is 18.2 Å². The van der Waals surface area contributed by atoms with E-state index in [1.54, 1.807) is 36.4 Å². The lowest BCUT2D eigenvalue weighted by atomic mass is 9.61. The number of anilines is 4. The fourth-order valence-electron chi connectivity index (χ4n) is 4.78. The summed E-state index contributed by atoms with van der Waals surface area (Å²) < 4.78 is 28.1. The zero-order valence-electron chi connectivity index (χ0n) is 18.9. The first kappa shape index (κ1) is 21.3. The molecule has 0 atom stereocenters. The lowest BCUT2D eigenvalue weighted by Gasteiger charge is -2.58. The Morgan fingerprint density at radius 3 is 2.37 bits per heavy atom. The Bertz CT molecular complexity index is 1370. The Morgan fingerprint density at radius 2 is 1.71 bits per heavy atom. The molecule has 1 aliphatic heterocycles. The summed E-state index contributed by atoms with van der Waals surface area (Å²) in [5.41, 5.74) is 8.42. The van der Waals surface area contributed by atoms with Gasteiger partial charge in [-0.3, -0.25) is 0 Å². The first-order valence-electron chi connectivity index (χ1n) is 11.1. The number of nitrogens with two attached hydrogens (primary N) is 1. The molecule has 1 spiro atoms. The number of aryl methyl sites for hydroxylation is 1. The number of hydrogen-bond acceptors (Lipinski definition) is 9. The highest BCUT2D eigenvalue weighted by Crippen LogP contribution is 2.57. The first-order chi connectivity index (χ1) is 16.8. The maximum Gasteiger partial charge on any atom is 0.249 e. The minimum atomic E-state index is -2.51. The molecule has 178 valence electrons. The number of nitrogens with zero attached hydrogens (tertiary/aromatic N) is 8. The number of halogens is 2. The van der Waals surface area contributed by atoms with E-state index in [2.05, 4.69) is 35.3 Å². The van der Waals surface area contributed by atoms with E-state index in [0.717, 1.165) is 16.9 Å². The van der Waals surface area contributed by atoms with E-state index in [-0.39, 0.29) is 24.2 Å². The van der Waals surface area contributed by atoms with Gasteiger partial charge in [0.1, 0.15) is 11.5 Å². The summed E-state index contributed by atoms with van der Waals surface area (Å²) in [6.07, 6.45) is 4.80. The molecule has 35 heavy (non-hydrogen) atoms. The molecule has 0 unspecified atom stereocenters. The Hall–Kier alpha value is -4.22. The number of hydrogen-bond donors (Lipinski definition) is 2. The van der Waals surface area contributed by atoms with Crippen LogP contribution in [-0.4, -0.2) is 53.7 Å². The Labute approximate surface area is 199 Å². The summed E-state index contributed by atoms with van der Waals surface area (Å²) in [6.45, 7) is 1.19. The van der Waals surface area contributed by atoms with Crippen molar-refractivity contribution in [3.05, 3.63) is 48.9 Å². The molecule has 3 N–H and O–H groups in total. The van der Waals surface area contributed by atoms with Gasteiger partial charge < -0.3 is 16.0 Å². The standard InChI is InChI=1S/C23H22F2N10/c1-34-21(30-15-4-2-14(3-5-15)16-6-7-27-20(26)31-16)32-19(33-34)17-8-29-18(9-28-17)35-12-22(13-35)10-23(24,25)11-22/h2-9H,10-13H2,1H3,(H2,26,27,31)(H,30,32,33). The fourth-order valence-corrected chi connectivity index (χ4v) is 4.78. The van der Waals surface area contributed by atoms with Crippen molar-refractivity contribution in [2.75, 3.05) is 29.0 Å². The maximum absolute atomic E-state index is 13.2. The van der Waals surface area contributed by atoms with Crippen LogP contribution in [0.2, 0.25) is 0 Å². The number of aromatic nitrogens is 7. The fraction of sp³-hybridized carbons (Fsp3) is 0.304. The van der Waals surface area contributed by atoms with Crippen LogP contribution in [0.15, 0.2) is 48.9 Å². The lowest BCUT2D eigenvalue weighted by Crippen LogP contribution is -2.66. The first-order valence-corrected chi connectivity index (χ1v) is 11.1. The molecule has 2 fully saturated rings. The summed E-state index contributed by atoms with van der Waals surface area (Å²) >= 11 is 0. The van der Waals surface area contributed by atoms with Gasteiger partial charge in [-0.1, -0.05) is 12.1 Å². The molecule has 0 bridgehead atoms. The Balaban J connectivity index is 1.12. The summed E-state index contributed by atoms with van der Waals surface area (Å²) in [6, 6.07) is 9.47. The second-order valence-electron chi connectivity index (χ2n) is 9.21. The molecule has 1 aromatic carbocycles. The van der Waals surface area contributed by atoms with Crippen LogP contribution in [0, 0.1) is 5.41 Å². The van der Waals surface area contributed by atoms with Crippen molar-refractivity contribution in [1.82, 2.24) is 34.7 Å². The van der Waals surface area contributed by atoms with Gasteiger partial charge in [0.2, 0.25) is 23.6 Å². The van der Waals surface area contributed by atoms with Gasteiger partial charge in [0, 0.05) is 55.8 Å². The molecular weight excluding hydrogens is 454 g/mol. The molecular formula is C23H22F2N10. The second kappa shape index (κ2) is 7.65. The average Bonchev–Trinajstić information content (AvgIpc) is 3.16. The SMILES string of the molecule is Cn1nc(-c2cnc(N3CC4(C3)CC(F)(F)C4)cn2)nc1Nc1ccc(-c2ccnc(N)n2)cc1. The monoisotopic (exact) mass is 476 g/mol. The summed E-state index contributed by atoms with van der Waals surface area (Å²) in [5, 5.41) is 7.68. The minimum absolute atomic E-state index is 0.0341. The molecule has 1 aliphatic carbocycles. The van der Waals surface area contributed by atoms with E-state index in [1.165, 1.54) is 0 Å². The topological polar surface area (TPSA) is 124 Å². The van der Waals surface area contributed by atoms with Crippen molar-refractivity contribution in [2.45, 2.75) is 18.8 Å². The second-order valence-corrected chi connectivity index (χ2v) is 9.21. The molecule has 12 heteroatoms. The van der Waals surface area contributed by atoms with E-state index in [0.29, 0.717) is 36.4 Å². The van der Waals surface area contributed by atoms with Crippen molar-refractivity contribution in [3.8, 4) is 22.8 Å². The largest absolute Gasteiger partial charge is 0.368 e. The molecule has 6 rings (SSSR count). The minimum Gasteiger partial charge on any atom is -0.368 e. The van der Waals surface area contributed by atoms with Crippen LogP contribution in [0.4, 0.5) is 32.2 Å². The summed E-state index contributed by atoms with van der Waals surface area (Å²) in [7, 11) is 1.78. The van der Waals surface area contributed by atoms with Crippen LogP contribution in [0.25, 0.3) is 22.8 Å². The third-order valence-corrected chi connectivity index (χ3v) is 6.39. The van der Waals surface area contributed by atoms with E-state index in [4.69, 9.17) is 5.73 Å². The van der Waals surface area contributed by atoms with Crippen molar-refractivity contribution in [3.63, 3.8) is 0 Å². The Morgan fingerprint density at radius 1 is 0.943 bits per heavy atom. The average molecular weight is 476 g/mol. The van der Waals surface area contributed by atoms with Crippen molar-refractivity contribution < 1.29 is 8.78 Å². The normalized spacial score (nSPS) is 17.6. The van der Waals surface area contributed by atoms with Gasteiger partial charge in [0.25, 0.3) is 0 Å².